The molecule has 1 fully saturated rings. The van der Waals surface area contributed by atoms with Gasteiger partial charge < -0.3 is 19.4 Å². The maximum absolute atomic E-state index is 15.0. The molecule has 1 aliphatic heterocycles. The monoisotopic (exact) mass is 440 g/mol. The lowest BCUT2D eigenvalue weighted by atomic mass is 9.77. The molecule has 11 heteroatoms. The summed E-state index contributed by atoms with van der Waals surface area (Å²) in [5, 5.41) is 2.23. The van der Waals surface area contributed by atoms with Crippen molar-refractivity contribution in [3.05, 3.63) is 47.4 Å². The van der Waals surface area contributed by atoms with E-state index in [9.17, 15) is 22.4 Å². The number of benzene rings is 1. The SMILES string of the molecule is COc1cc(C(=O)Nc2cc(C(F)(F)F)ccn2)cc(F)c1B1OC(C)(C)C(C)(C)O1. The molecule has 0 atom stereocenters. The smallest absolute Gasteiger partial charge is 0.497 e. The number of nitrogens with one attached hydrogen (secondary N) is 1. The van der Waals surface area contributed by atoms with Crippen molar-refractivity contribution in [1.82, 2.24) is 4.98 Å². The average Bonchev–Trinajstić information content (AvgIpc) is 2.87. The minimum absolute atomic E-state index is 0.000603. The van der Waals surface area contributed by atoms with Gasteiger partial charge in [-0.25, -0.2) is 9.37 Å². The van der Waals surface area contributed by atoms with Gasteiger partial charge in [0.05, 0.1) is 29.3 Å². The summed E-state index contributed by atoms with van der Waals surface area (Å²) in [6.45, 7) is 7.23. The van der Waals surface area contributed by atoms with Gasteiger partial charge in [0.25, 0.3) is 5.91 Å². The highest BCUT2D eigenvalue weighted by Gasteiger charge is 2.53. The summed E-state index contributed by atoms with van der Waals surface area (Å²) >= 11 is 0. The van der Waals surface area contributed by atoms with Gasteiger partial charge in [-0.15, -0.1) is 0 Å². The summed E-state index contributed by atoms with van der Waals surface area (Å²) < 4.78 is 70.5. The molecule has 1 saturated heterocycles. The van der Waals surface area contributed by atoms with Gasteiger partial charge in [-0.3, -0.25) is 4.79 Å². The van der Waals surface area contributed by atoms with E-state index in [0.717, 1.165) is 18.3 Å². The van der Waals surface area contributed by atoms with Crippen LogP contribution in [0, 0.1) is 5.82 Å². The van der Waals surface area contributed by atoms with Crippen molar-refractivity contribution in [2.24, 2.45) is 0 Å². The van der Waals surface area contributed by atoms with Crippen LogP contribution in [0.3, 0.4) is 0 Å². The van der Waals surface area contributed by atoms with Gasteiger partial charge in [0.2, 0.25) is 0 Å². The van der Waals surface area contributed by atoms with Crippen LogP contribution in [0.15, 0.2) is 30.5 Å². The second-order valence-corrected chi connectivity index (χ2v) is 8.04. The number of hydrogen-bond donors (Lipinski definition) is 1. The van der Waals surface area contributed by atoms with Crippen LogP contribution in [-0.2, 0) is 15.5 Å². The highest BCUT2D eigenvalue weighted by atomic mass is 19.4. The molecular weight excluding hydrogens is 419 g/mol. The predicted octanol–water partition coefficient (Wildman–Crippen LogP) is 3.80. The third-order valence-corrected chi connectivity index (χ3v) is 5.39. The number of nitrogens with zero attached hydrogens (tertiary/aromatic N) is 1. The Labute approximate surface area is 177 Å². The van der Waals surface area contributed by atoms with Crippen molar-refractivity contribution in [3.63, 3.8) is 0 Å². The molecule has 0 bridgehead atoms. The number of aromatic nitrogens is 1. The Hall–Kier alpha value is -2.66. The molecule has 1 aromatic carbocycles. The molecule has 0 saturated carbocycles. The van der Waals surface area contributed by atoms with E-state index in [-0.39, 0.29) is 22.6 Å². The lowest BCUT2D eigenvalue weighted by Crippen LogP contribution is -2.41. The van der Waals surface area contributed by atoms with Gasteiger partial charge >= 0.3 is 13.3 Å². The van der Waals surface area contributed by atoms with E-state index in [4.69, 9.17) is 14.0 Å². The predicted molar refractivity (Wildman–Crippen MR) is 106 cm³/mol. The molecule has 6 nitrogen and oxygen atoms in total. The summed E-state index contributed by atoms with van der Waals surface area (Å²) in [6, 6.07) is 3.65. The van der Waals surface area contributed by atoms with Gasteiger partial charge in [-0.2, -0.15) is 13.2 Å². The van der Waals surface area contributed by atoms with E-state index >= 15 is 0 Å². The van der Waals surface area contributed by atoms with Crippen LogP contribution >= 0.6 is 0 Å². The average molecular weight is 440 g/mol. The Morgan fingerprint density at radius 2 is 1.74 bits per heavy atom. The van der Waals surface area contributed by atoms with E-state index in [0.29, 0.717) is 6.07 Å². The minimum Gasteiger partial charge on any atom is -0.497 e. The number of pyridine rings is 1. The van der Waals surface area contributed by atoms with E-state index in [1.807, 2.05) is 0 Å². The highest BCUT2D eigenvalue weighted by molar-refractivity contribution is 6.63. The second-order valence-electron chi connectivity index (χ2n) is 8.04. The van der Waals surface area contributed by atoms with E-state index < -0.39 is 41.8 Å². The molecule has 0 unspecified atom stereocenters. The van der Waals surface area contributed by atoms with Crippen molar-refractivity contribution in [2.45, 2.75) is 45.1 Å². The zero-order chi connectivity index (χ0) is 23.2. The van der Waals surface area contributed by atoms with Crippen LogP contribution < -0.4 is 15.5 Å². The fraction of sp³-hybridized carbons (Fsp3) is 0.400. The number of ether oxygens (including phenoxy) is 1. The number of anilines is 1. The molecule has 2 heterocycles. The number of carbonyl (C=O) groups is 1. The summed E-state index contributed by atoms with van der Waals surface area (Å²) in [5.41, 5.74) is -2.61. The first-order valence-corrected chi connectivity index (χ1v) is 9.33. The van der Waals surface area contributed by atoms with Gasteiger partial charge in [0.15, 0.2) is 0 Å². The Morgan fingerprint density at radius 3 is 2.29 bits per heavy atom. The Balaban J connectivity index is 1.89. The zero-order valence-corrected chi connectivity index (χ0v) is 17.6. The van der Waals surface area contributed by atoms with Crippen molar-refractivity contribution in [3.8, 4) is 5.75 Å². The lowest BCUT2D eigenvalue weighted by molar-refractivity contribution is -0.137. The van der Waals surface area contributed by atoms with Crippen molar-refractivity contribution < 1.29 is 36.4 Å². The third-order valence-electron chi connectivity index (χ3n) is 5.39. The normalized spacial score (nSPS) is 17.5. The number of amides is 1. The van der Waals surface area contributed by atoms with Gasteiger partial charge in [-0.1, -0.05) is 0 Å². The van der Waals surface area contributed by atoms with Crippen LogP contribution in [0.25, 0.3) is 0 Å². The number of carbonyl (C=O) groups excluding carboxylic acids is 1. The summed E-state index contributed by atoms with van der Waals surface area (Å²) in [5.74, 6) is -2.00. The highest BCUT2D eigenvalue weighted by Crippen LogP contribution is 2.37. The molecule has 1 aliphatic rings. The van der Waals surface area contributed by atoms with E-state index in [1.54, 1.807) is 27.7 Å². The Bertz CT molecular complexity index is 995. The molecule has 0 radical (unpaired) electrons. The molecule has 0 spiro atoms. The van der Waals surface area contributed by atoms with Crippen LogP contribution in [0.5, 0.6) is 5.75 Å². The number of alkyl halides is 3. The topological polar surface area (TPSA) is 69.7 Å². The first-order chi connectivity index (χ1) is 14.2. The molecule has 1 amide bonds. The fourth-order valence-electron chi connectivity index (χ4n) is 2.95. The van der Waals surface area contributed by atoms with Crippen molar-refractivity contribution in [1.29, 1.82) is 0 Å². The zero-order valence-electron chi connectivity index (χ0n) is 17.6. The molecule has 1 aromatic heterocycles. The quantitative estimate of drug-likeness (QED) is 0.579. The minimum atomic E-state index is -4.60. The summed E-state index contributed by atoms with van der Waals surface area (Å²) in [6.07, 6.45) is -3.68. The standard InChI is InChI=1S/C20H21BF4N2O4/c1-18(2)19(3,4)31-21(30-18)16-13(22)8-11(9-14(16)29-5)17(28)27-15-10-12(6-7-26-15)20(23,24)25/h6-10H,1-5H3,(H,26,27,28). The second kappa shape index (κ2) is 7.79. The molecule has 1 N–H and O–H groups in total. The molecule has 166 valence electrons. The number of rotatable bonds is 4. The maximum Gasteiger partial charge on any atom is 0.501 e. The maximum atomic E-state index is 15.0. The number of halogens is 4. The molecule has 0 aliphatic carbocycles. The van der Waals surface area contributed by atoms with Crippen LogP contribution in [-0.4, -0.2) is 36.3 Å². The van der Waals surface area contributed by atoms with Crippen LogP contribution in [0.1, 0.15) is 43.6 Å². The first kappa shape index (κ1) is 23.0. The van der Waals surface area contributed by atoms with Crippen LogP contribution in [0.2, 0.25) is 0 Å². The molecule has 2 aromatic rings. The van der Waals surface area contributed by atoms with Crippen molar-refractivity contribution in [2.75, 3.05) is 12.4 Å². The van der Waals surface area contributed by atoms with E-state index in [1.165, 1.54) is 13.2 Å². The largest absolute Gasteiger partial charge is 0.501 e. The van der Waals surface area contributed by atoms with Gasteiger partial charge in [0, 0.05) is 11.8 Å². The summed E-state index contributed by atoms with van der Waals surface area (Å²) in [4.78, 5) is 16.2. The lowest BCUT2D eigenvalue weighted by Gasteiger charge is -2.32. The van der Waals surface area contributed by atoms with Crippen LogP contribution in [0.4, 0.5) is 23.4 Å². The third kappa shape index (κ3) is 4.52. The Morgan fingerprint density at radius 1 is 1.13 bits per heavy atom. The molecule has 31 heavy (non-hydrogen) atoms. The number of hydrogen-bond acceptors (Lipinski definition) is 5. The van der Waals surface area contributed by atoms with E-state index in [2.05, 4.69) is 10.3 Å². The Kier molecular flexibility index (Phi) is 5.79. The summed E-state index contributed by atoms with van der Waals surface area (Å²) in [7, 11) is 0.224. The molecular formula is C20H21BF4N2O4. The fourth-order valence-corrected chi connectivity index (χ4v) is 2.95. The van der Waals surface area contributed by atoms with Crippen molar-refractivity contribution >= 4 is 24.3 Å². The van der Waals surface area contributed by atoms with Gasteiger partial charge in [0.1, 0.15) is 17.4 Å². The number of methoxy groups -OCH3 is 1. The molecule has 3 rings (SSSR count). The first-order valence-electron chi connectivity index (χ1n) is 9.33. The van der Waals surface area contributed by atoms with Gasteiger partial charge in [-0.05, 0) is 52.0 Å².